The second kappa shape index (κ2) is 13.3. The number of rotatable bonds is 8. The van der Waals surface area contributed by atoms with E-state index in [0.29, 0.717) is 39.6 Å². The number of carboxylic acids is 1. The summed E-state index contributed by atoms with van der Waals surface area (Å²) in [5, 5.41) is 16.7. The Bertz CT molecular complexity index is 1570. The first kappa shape index (κ1) is 28.9. The summed E-state index contributed by atoms with van der Waals surface area (Å²) in [6.07, 6.45) is 2.18. The smallest absolute Gasteiger partial charge is 0.550 e. The molecule has 4 aromatic rings. The molecule has 1 aliphatic heterocycles. The Morgan fingerprint density at radius 3 is 2.33 bits per heavy atom. The van der Waals surface area contributed by atoms with Crippen LogP contribution in [0.15, 0.2) is 94.8 Å². The zero-order valence-corrected chi connectivity index (χ0v) is 24.7. The van der Waals surface area contributed by atoms with Crippen molar-refractivity contribution < 1.29 is 49.0 Å². The molecule has 5 rings (SSSR count). The van der Waals surface area contributed by atoms with E-state index in [4.69, 9.17) is 16.3 Å². The second-order valence-corrected chi connectivity index (χ2v) is 10.1. The molecule has 0 unspecified atom stereocenters. The number of ether oxygens (including phenoxy) is 1. The standard InChI is InChI=1S/C30H23ClN2O4S.Na/c31-24-10-5-20(6-11-24)18-37-26-16-22-4-2-1-3-21(22)15-23(26)17-27-29(36)33-30(38-27)32-25-12-7-19(8-13-25)9-14-28(34)35;/h1-8,10-13,15-17H,9,14,18H2,(H,34,35)(H,32,33,36);/q;+1/p-1. The molecule has 0 saturated carbocycles. The molecule has 0 bridgehead atoms. The van der Waals surface area contributed by atoms with E-state index in [0.717, 1.165) is 27.5 Å². The summed E-state index contributed by atoms with van der Waals surface area (Å²) >= 11 is 7.25. The van der Waals surface area contributed by atoms with Crippen molar-refractivity contribution >= 4 is 62.9 Å². The third-order valence-corrected chi connectivity index (χ3v) is 7.07. The van der Waals surface area contributed by atoms with E-state index in [2.05, 4.69) is 10.3 Å². The number of aliphatic carboxylic acids is 1. The number of amidine groups is 1. The van der Waals surface area contributed by atoms with Gasteiger partial charge < -0.3 is 20.0 Å². The number of carbonyl (C=O) groups excluding carboxylic acids is 2. The Kier molecular flexibility index (Phi) is 9.88. The molecule has 1 fully saturated rings. The summed E-state index contributed by atoms with van der Waals surface area (Å²) in [7, 11) is 0. The number of halogens is 1. The molecule has 1 amide bonds. The maximum Gasteiger partial charge on any atom is 1.00 e. The van der Waals surface area contributed by atoms with Gasteiger partial charge >= 0.3 is 29.6 Å². The van der Waals surface area contributed by atoms with E-state index < -0.39 is 5.97 Å². The number of aliphatic imine (C=N–C) groups is 1. The molecule has 190 valence electrons. The van der Waals surface area contributed by atoms with Gasteiger partial charge in [-0.25, -0.2) is 4.99 Å². The van der Waals surface area contributed by atoms with E-state index in [1.165, 1.54) is 11.8 Å². The Labute approximate surface area is 257 Å². The predicted molar refractivity (Wildman–Crippen MR) is 150 cm³/mol. The van der Waals surface area contributed by atoms with Crippen molar-refractivity contribution in [1.29, 1.82) is 0 Å². The summed E-state index contributed by atoms with van der Waals surface area (Å²) in [5.41, 5.74) is 3.30. The molecule has 1 N–H and O–H groups in total. The number of carboxylic acid groups (broad SMARTS) is 1. The first-order valence-corrected chi connectivity index (χ1v) is 13.1. The predicted octanol–water partition coefficient (Wildman–Crippen LogP) is 2.65. The van der Waals surface area contributed by atoms with E-state index in [1.54, 1.807) is 12.1 Å². The fourth-order valence-corrected chi connectivity index (χ4v) is 4.90. The van der Waals surface area contributed by atoms with Crippen molar-refractivity contribution in [3.8, 4) is 5.75 Å². The molecule has 9 heteroatoms. The van der Waals surface area contributed by atoms with Crippen molar-refractivity contribution in [3.63, 3.8) is 0 Å². The van der Waals surface area contributed by atoms with Gasteiger partial charge in [0.1, 0.15) is 12.4 Å². The number of hydrogen-bond donors (Lipinski definition) is 1. The number of amides is 1. The third kappa shape index (κ3) is 7.75. The zero-order chi connectivity index (χ0) is 26.5. The van der Waals surface area contributed by atoms with Crippen LogP contribution in [0, 0.1) is 0 Å². The molecule has 6 nitrogen and oxygen atoms in total. The first-order valence-electron chi connectivity index (χ1n) is 11.9. The molecule has 4 aromatic carbocycles. The van der Waals surface area contributed by atoms with Gasteiger partial charge in [0.15, 0.2) is 5.17 Å². The number of benzene rings is 4. The maximum absolute atomic E-state index is 12.8. The van der Waals surface area contributed by atoms with Gasteiger partial charge in [-0.1, -0.05) is 60.1 Å². The van der Waals surface area contributed by atoms with Gasteiger partial charge in [-0.3, -0.25) is 4.79 Å². The summed E-state index contributed by atoms with van der Waals surface area (Å²) in [6, 6.07) is 26.7. The normalized spacial score (nSPS) is 14.8. The van der Waals surface area contributed by atoms with E-state index in [1.807, 2.05) is 78.9 Å². The van der Waals surface area contributed by atoms with Crippen molar-refractivity contribution in [1.82, 2.24) is 5.32 Å². The number of carbonyl (C=O) groups is 2. The van der Waals surface area contributed by atoms with E-state index in [9.17, 15) is 14.7 Å². The van der Waals surface area contributed by atoms with E-state index in [-0.39, 0.29) is 41.9 Å². The average molecular weight is 565 g/mol. The fourth-order valence-electron chi connectivity index (χ4n) is 3.94. The van der Waals surface area contributed by atoms with Crippen LogP contribution in [0.5, 0.6) is 5.75 Å². The van der Waals surface area contributed by atoms with Gasteiger partial charge in [0.25, 0.3) is 5.91 Å². The van der Waals surface area contributed by atoms with Crippen molar-refractivity contribution in [2.75, 3.05) is 0 Å². The first-order chi connectivity index (χ1) is 18.4. The van der Waals surface area contributed by atoms with Gasteiger partial charge in [-0.15, -0.1) is 0 Å². The SMILES string of the molecule is O=C([O-])CCc1ccc(N=C2NC(=O)C(=Cc3cc4ccccc4cc3OCc3ccc(Cl)cc3)S2)cc1.[Na+]. The zero-order valence-electron chi connectivity index (χ0n) is 21.1. The topological polar surface area (TPSA) is 90.8 Å². The van der Waals surface area contributed by atoms with Gasteiger partial charge in [-0.2, -0.15) is 0 Å². The van der Waals surface area contributed by atoms with Crippen molar-refractivity contribution in [2.24, 2.45) is 4.99 Å². The number of hydrogen-bond acceptors (Lipinski definition) is 6. The minimum absolute atomic E-state index is 0. The van der Waals surface area contributed by atoms with Gasteiger partial charge in [-0.05, 0) is 89.0 Å². The van der Waals surface area contributed by atoms with Gasteiger partial charge in [0.2, 0.25) is 0 Å². The van der Waals surface area contributed by atoms with Gasteiger partial charge in [0.05, 0.1) is 10.6 Å². The summed E-state index contributed by atoms with van der Waals surface area (Å²) < 4.78 is 6.19. The quantitative estimate of drug-likeness (QED) is 0.262. The van der Waals surface area contributed by atoms with Crippen LogP contribution in [0.3, 0.4) is 0 Å². The average Bonchev–Trinajstić information content (AvgIpc) is 3.26. The van der Waals surface area contributed by atoms with Crippen LogP contribution in [-0.2, 0) is 22.6 Å². The minimum atomic E-state index is -1.08. The Morgan fingerprint density at radius 2 is 1.64 bits per heavy atom. The molecule has 0 radical (unpaired) electrons. The third-order valence-electron chi connectivity index (χ3n) is 5.91. The van der Waals surface area contributed by atoms with Crippen molar-refractivity contribution in [3.05, 3.63) is 112 Å². The van der Waals surface area contributed by atoms with Crippen LogP contribution in [0.1, 0.15) is 23.1 Å². The molecule has 39 heavy (non-hydrogen) atoms. The number of fused-ring (bicyclic) bond motifs is 1. The van der Waals surface area contributed by atoms with Crippen LogP contribution in [0.4, 0.5) is 5.69 Å². The summed E-state index contributed by atoms with van der Waals surface area (Å²) in [4.78, 5) is 28.5. The number of nitrogens with one attached hydrogen (secondary N) is 1. The second-order valence-electron chi connectivity index (χ2n) is 8.67. The van der Waals surface area contributed by atoms with Crippen LogP contribution in [0.2, 0.25) is 5.02 Å². The molecule has 0 aromatic heterocycles. The molecule has 1 saturated heterocycles. The van der Waals surface area contributed by atoms with Crippen LogP contribution in [0.25, 0.3) is 16.8 Å². The number of nitrogens with zero attached hydrogens (tertiary/aromatic N) is 1. The van der Waals surface area contributed by atoms with Gasteiger partial charge in [0, 0.05) is 16.6 Å². The summed E-state index contributed by atoms with van der Waals surface area (Å²) in [6.45, 7) is 0.358. The van der Waals surface area contributed by atoms with Crippen molar-refractivity contribution in [2.45, 2.75) is 19.4 Å². The Hall–Kier alpha value is -3.07. The number of aryl methyl sites for hydroxylation is 1. The maximum atomic E-state index is 12.8. The Morgan fingerprint density at radius 1 is 0.974 bits per heavy atom. The molecule has 1 heterocycles. The monoisotopic (exact) mass is 564 g/mol. The van der Waals surface area contributed by atoms with Crippen LogP contribution < -0.4 is 44.7 Å². The largest absolute Gasteiger partial charge is 1.00 e. The minimum Gasteiger partial charge on any atom is -0.550 e. The van der Waals surface area contributed by atoms with E-state index >= 15 is 0 Å². The Balaban J connectivity index is 0.00000353. The van der Waals surface area contributed by atoms with Crippen LogP contribution >= 0.6 is 23.4 Å². The summed E-state index contributed by atoms with van der Waals surface area (Å²) in [5.74, 6) is -0.656. The van der Waals surface area contributed by atoms with Crippen LogP contribution in [-0.4, -0.2) is 17.0 Å². The fraction of sp³-hybridized carbons (Fsp3) is 0.100. The molecule has 0 atom stereocenters. The molecule has 1 aliphatic rings. The molecular weight excluding hydrogens is 543 g/mol. The molecular formula is C30H22ClN2NaO4S. The number of thioether (sulfide) groups is 1. The molecule has 0 spiro atoms. The molecule has 0 aliphatic carbocycles.